The highest BCUT2D eigenvalue weighted by Gasteiger charge is 2.24. The van der Waals surface area contributed by atoms with Gasteiger partial charge >= 0.3 is 0 Å². The predicted octanol–water partition coefficient (Wildman–Crippen LogP) is 2.90. The van der Waals surface area contributed by atoms with Gasteiger partial charge < -0.3 is 19.9 Å². The van der Waals surface area contributed by atoms with Gasteiger partial charge in [0.2, 0.25) is 5.91 Å². The number of hydrogen-bond donors (Lipinski definition) is 1. The second-order valence-corrected chi connectivity index (χ2v) is 7.65. The maximum Gasteiger partial charge on any atom is 0.225 e. The van der Waals surface area contributed by atoms with Crippen molar-refractivity contribution in [3.63, 3.8) is 0 Å². The van der Waals surface area contributed by atoms with Gasteiger partial charge in [-0.15, -0.1) is 0 Å². The molecule has 1 aromatic rings. The molecule has 3 rings (SSSR count). The summed E-state index contributed by atoms with van der Waals surface area (Å²) in [5, 5.41) is 3.58. The van der Waals surface area contributed by atoms with Crippen molar-refractivity contribution in [2.75, 3.05) is 44.0 Å². The lowest BCUT2D eigenvalue weighted by molar-refractivity contribution is -0.135. The van der Waals surface area contributed by atoms with Crippen LogP contribution >= 0.6 is 0 Å². The molecule has 26 heavy (non-hydrogen) atoms. The Kier molecular flexibility index (Phi) is 6.72. The van der Waals surface area contributed by atoms with Crippen LogP contribution in [0.5, 0.6) is 0 Å². The normalized spacial score (nSPS) is 24.0. The van der Waals surface area contributed by atoms with Crippen molar-refractivity contribution in [1.29, 1.82) is 0 Å². The van der Waals surface area contributed by atoms with E-state index in [0.29, 0.717) is 12.5 Å². The van der Waals surface area contributed by atoms with E-state index in [1.54, 1.807) is 0 Å². The highest BCUT2D eigenvalue weighted by Crippen LogP contribution is 2.21. The molecular formula is C20H32N4O2. The molecule has 0 aromatic carbocycles. The summed E-state index contributed by atoms with van der Waals surface area (Å²) in [4.78, 5) is 21.1. The van der Waals surface area contributed by atoms with Crippen molar-refractivity contribution in [2.45, 2.75) is 57.1 Å². The molecule has 0 radical (unpaired) electrons. The molecule has 1 amide bonds. The van der Waals surface area contributed by atoms with Crippen molar-refractivity contribution in [2.24, 2.45) is 0 Å². The SMILES string of the molecule is CN(C)c1ccc(N[C@H]2CCCN(C(=O)C[C@@H]3CCCCO3)CC2)cn1. The van der Waals surface area contributed by atoms with Gasteiger partial charge in [0.25, 0.3) is 0 Å². The third kappa shape index (κ3) is 5.34. The number of ether oxygens (including phenoxy) is 1. The van der Waals surface area contributed by atoms with E-state index in [2.05, 4.69) is 16.4 Å². The van der Waals surface area contributed by atoms with Crippen LogP contribution < -0.4 is 10.2 Å². The number of nitrogens with one attached hydrogen (secondary N) is 1. The van der Waals surface area contributed by atoms with Gasteiger partial charge in [-0.25, -0.2) is 4.98 Å². The Morgan fingerprint density at radius 1 is 1.23 bits per heavy atom. The summed E-state index contributed by atoms with van der Waals surface area (Å²) in [5.41, 5.74) is 1.05. The quantitative estimate of drug-likeness (QED) is 0.875. The number of carbonyl (C=O) groups excluding carboxylic acids is 1. The third-order valence-corrected chi connectivity index (χ3v) is 5.33. The maximum absolute atomic E-state index is 12.6. The van der Waals surface area contributed by atoms with Gasteiger partial charge in [0.05, 0.1) is 24.4 Å². The molecule has 1 N–H and O–H groups in total. The monoisotopic (exact) mass is 360 g/mol. The molecule has 2 fully saturated rings. The summed E-state index contributed by atoms with van der Waals surface area (Å²) in [6.45, 7) is 2.50. The van der Waals surface area contributed by atoms with Gasteiger partial charge in [-0.1, -0.05) is 0 Å². The first kappa shape index (κ1) is 19.0. The van der Waals surface area contributed by atoms with Crippen LogP contribution in [0.25, 0.3) is 0 Å². The fourth-order valence-corrected chi connectivity index (χ4v) is 3.75. The molecule has 0 bridgehead atoms. The highest BCUT2D eigenvalue weighted by molar-refractivity contribution is 5.76. The van der Waals surface area contributed by atoms with Crippen molar-refractivity contribution in [3.8, 4) is 0 Å². The van der Waals surface area contributed by atoms with E-state index in [1.165, 1.54) is 6.42 Å². The molecule has 2 saturated heterocycles. The number of anilines is 2. The van der Waals surface area contributed by atoms with E-state index >= 15 is 0 Å². The summed E-state index contributed by atoms with van der Waals surface area (Å²) >= 11 is 0. The first-order valence-corrected chi connectivity index (χ1v) is 9.91. The highest BCUT2D eigenvalue weighted by atomic mass is 16.5. The lowest BCUT2D eigenvalue weighted by atomic mass is 10.1. The molecule has 0 saturated carbocycles. The topological polar surface area (TPSA) is 57.7 Å². The van der Waals surface area contributed by atoms with Crippen molar-refractivity contribution in [3.05, 3.63) is 18.3 Å². The Morgan fingerprint density at radius 3 is 2.81 bits per heavy atom. The summed E-state index contributed by atoms with van der Waals surface area (Å²) in [6.07, 6.45) is 9.02. The molecule has 0 spiro atoms. The minimum Gasteiger partial charge on any atom is -0.381 e. The van der Waals surface area contributed by atoms with Crippen LogP contribution in [0.15, 0.2) is 18.3 Å². The average molecular weight is 361 g/mol. The zero-order chi connectivity index (χ0) is 18.4. The van der Waals surface area contributed by atoms with Gasteiger partial charge in [0.15, 0.2) is 0 Å². The Bertz CT molecular complexity index is 570. The summed E-state index contributed by atoms with van der Waals surface area (Å²) in [7, 11) is 3.98. The van der Waals surface area contributed by atoms with E-state index in [0.717, 1.165) is 63.3 Å². The number of hydrogen-bond acceptors (Lipinski definition) is 5. The zero-order valence-corrected chi connectivity index (χ0v) is 16.1. The number of carbonyl (C=O) groups is 1. The summed E-state index contributed by atoms with van der Waals surface area (Å²) < 4.78 is 5.73. The van der Waals surface area contributed by atoms with E-state index in [9.17, 15) is 4.79 Å². The van der Waals surface area contributed by atoms with Gasteiger partial charge in [0, 0.05) is 39.8 Å². The lowest BCUT2D eigenvalue weighted by Gasteiger charge is -2.26. The van der Waals surface area contributed by atoms with E-state index in [-0.39, 0.29) is 12.0 Å². The largest absolute Gasteiger partial charge is 0.381 e. The molecule has 6 nitrogen and oxygen atoms in total. The number of nitrogens with zero attached hydrogens (tertiary/aromatic N) is 3. The van der Waals surface area contributed by atoms with Crippen molar-refractivity contribution < 1.29 is 9.53 Å². The van der Waals surface area contributed by atoms with E-state index in [4.69, 9.17) is 4.74 Å². The molecular weight excluding hydrogens is 328 g/mol. The second-order valence-electron chi connectivity index (χ2n) is 7.65. The summed E-state index contributed by atoms with van der Waals surface area (Å²) in [6, 6.07) is 4.50. The van der Waals surface area contributed by atoms with E-state index < -0.39 is 0 Å². The number of amides is 1. The van der Waals surface area contributed by atoms with Crippen LogP contribution in [0.2, 0.25) is 0 Å². The minimum absolute atomic E-state index is 0.134. The molecule has 1 aromatic heterocycles. The molecule has 3 heterocycles. The average Bonchev–Trinajstić information content (AvgIpc) is 2.89. The molecule has 2 aliphatic rings. The maximum atomic E-state index is 12.6. The Hall–Kier alpha value is -1.82. The fourth-order valence-electron chi connectivity index (χ4n) is 3.75. The standard InChI is InChI=1S/C20H32N4O2/c1-23(2)19-9-8-17(15-21-19)22-16-6-5-11-24(12-10-16)20(25)14-18-7-3-4-13-26-18/h8-9,15-16,18,22H,3-7,10-14H2,1-2H3/t16-,18-/m0/s1. The first-order valence-electron chi connectivity index (χ1n) is 9.91. The van der Waals surface area contributed by atoms with Crippen LogP contribution in [-0.4, -0.2) is 61.7 Å². The zero-order valence-electron chi connectivity index (χ0n) is 16.1. The second kappa shape index (κ2) is 9.21. The van der Waals surface area contributed by atoms with Gasteiger partial charge in [-0.3, -0.25) is 4.79 Å². The number of aromatic nitrogens is 1. The predicted molar refractivity (Wildman–Crippen MR) is 105 cm³/mol. The lowest BCUT2D eigenvalue weighted by Crippen LogP contribution is -2.36. The minimum atomic E-state index is 0.134. The summed E-state index contributed by atoms with van der Waals surface area (Å²) in [5.74, 6) is 1.22. The molecule has 0 aliphatic carbocycles. The first-order chi connectivity index (χ1) is 12.6. The van der Waals surface area contributed by atoms with Crippen LogP contribution in [0.3, 0.4) is 0 Å². The molecule has 0 unspecified atom stereocenters. The fraction of sp³-hybridized carbons (Fsp3) is 0.700. The van der Waals surface area contributed by atoms with Crippen LogP contribution in [0.1, 0.15) is 44.9 Å². The Labute approximate surface area is 156 Å². The molecule has 2 atom stereocenters. The van der Waals surface area contributed by atoms with Crippen molar-refractivity contribution in [1.82, 2.24) is 9.88 Å². The van der Waals surface area contributed by atoms with Crippen molar-refractivity contribution >= 4 is 17.4 Å². The van der Waals surface area contributed by atoms with Crippen LogP contribution in [0, 0.1) is 0 Å². The molecule has 144 valence electrons. The molecule has 6 heteroatoms. The molecule has 2 aliphatic heterocycles. The van der Waals surface area contributed by atoms with Crippen LogP contribution in [-0.2, 0) is 9.53 Å². The third-order valence-electron chi connectivity index (χ3n) is 5.33. The number of pyridine rings is 1. The van der Waals surface area contributed by atoms with Crippen LogP contribution in [0.4, 0.5) is 11.5 Å². The number of rotatable bonds is 5. The van der Waals surface area contributed by atoms with E-state index in [1.807, 2.05) is 36.2 Å². The Balaban J connectivity index is 1.47. The van der Waals surface area contributed by atoms with Gasteiger partial charge in [0.1, 0.15) is 5.82 Å². The van der Waals surface area contributed by atoms with Gasteiger partial charge in [-0.05, 0) is 50.7 Å². The number of likely N-dealkylation sites (tertiary alicyclic amines) is 1. The Morgan fingerprint density at radius 2 is 2.12 bits per heavy atom. The smallest absolute Gasteiger partial charge is 0.225 e. The van der Waals surface area contributed by atoms with Gasteiger partial charge in [-0.2, -0.15) is 0 Å².